The van der Waals surface area contributed by atoms with Crippen LogP contribution in [-0.4, -0.2) is 40.4 Å². The summed E-state index contributed by atoms with van der Waals surface area (Å²) in [6, 6.07) is 13.1. The molecular formula is C29H26Cl2F3N3O4. The SMILES string of the molecule is Cc1cc(C2=NOC(c3cc(Cl)cc(Cl)c3)(C(F)(F)F)C2)ccc1C(=O)N(Cc1ccccn1)C(=O)OCC(C)C. The summed E-state index contributed by atoms with van der Waals surface area (Å²) >= 11 is 12.0. The highest BCUT2D eigenvalue weighted by atomic mass is 35.5. The molecule has 0 fully saturated rings. The van der Waals surface area contributed by atoms with Gasteiger partial charge in [0.15, 0.2) is 0 Å². The molecule has 0 aliphatic carbocycles. The van der Waals surface area contributed by atoms with Crippen LogP contribution in [0.4, 0.5) is 18.0 Å². The number of nitrogens with zero attached hydrogens (tertiary/aromatic N) is 3. The molecule has 0 saturated carbocycles. The average Bonchev–Trinajstić information content (AvgIpc) is 3.37. The molecule has 2 heterocycles. The predicted molar refractivity (Wildman–Crippen MR) is 148 cm³/mol. The van der Waals surface area contributed by atoms with E-state index in [4.69, 9.17) is 32.8 Å². The van der Waals surface area contributed by atoms with Crippen LogP contribution in [0.25, 0.3) is 0 Å². The Bertz CT molecular complexity index is 1460. The molecule has 1 aliphatic rings. The van der Waals surface area contributed by atoms with Gasteiger partial charge in [-0.1, -0.05) is 54.3 Å². The molecule has 12 heteroatoms. The smallest absolute Gasteiger partial charge is 0.435 e. The predicted octanol–water partition coefficient (Wildman–Crippen LogP) is 7.71. The minimum atomic E-state index is -4.85. The molecule has 0 spiro atoms. The number of halogens is 5. The number of rotatable bonds is 7. The van der Waals surface area contributed by atoms with Crippen molar-refractivity contribution in [3.8, 4) is 0 Å². The van der Waals surface area contributed by atoms with Crippen molar-refractivity contribution in [1.29, 1.82) is 0 Å². The minimum Gasteiger partial charge on any atom is -0.449 e. The Hall–Kier alpha value is -3.63. The lowest BCUT2D eigenvalue weighted by atomic mass is 9.86. The summed E-state index contributed by atoms with van der Waals surface area (Å²) in [6.45, 7) is 5.32. The van der Waals surface area contributed by atoms with Gasteiger partial charge in [-0.25, -0.2) is 9.69 Å². The van der Waals surface area contributed by atoms with E-state index in [0.717, 1.165) is 17.0 Å². The number of carbonyl (C=O) groups excluding carboxylic acids is 2. The normalized spacial score (nSPS) is 16.8. The van der Waals surface area contributed by atoms with Crippen molar-refractivity contribution in [3.05, 3.63) is 98.8 Å². The second-order valence-electron chi connectivity index (χ2n) is 10.0. The number of hydrogen-bond acceptors (Lipinski definition) is 6. The maximum absolute atomic E-state index is 14.4. The largest absolute Gasteiger partial charge is 0.449 e. The van der Waals surface area contributed by atoms with Gasteiger partial charge in [0.1, 0.15) is 0 Å². The highest BCUT2D eigenvalue weighted by Gasteiger charge is 2.62. The lowest BCUT2D eigenvalue weighted by molar-refractivity contribution is -0.275. The Kier molecular flexibility index (Phi) is 8.94. The number of hydrogen-bond donors (Lipinski definition) is 0. The van der Waals surface area contributed by atoms with Gasteiger partial charge in [0.05, 0.1) is 24.6 Å². The second-order valence-corrected chi connectivity index (χ2v) is 10.9. The first-order chi connectivity index (χ1) is 19.3. The lowest BCUT2D eigenvalue weighted by Crippen LogP contribution is -2.42. The monoisotopic (exact) mass is 607 g/mol. The first kappa shape index (κ1) is 30.3. The number of ether oxygens (including phenoxy) is 1. The van der Waals surface area contributed by atoms with Gasteiger partial charge >= 0.3 is 12.3 Å². The van der Waals surface area contributed by atoms with Crippen LogP contribution in [0.2, 0.25) is 10.0 Å². The van der Waals surface area contributed by atoms with Crippen LogP contribution in [0.3, 0.4) is 0 Å². The number of alkyl halides is 3. The quantitative estimate of drug-likeness (QED) is 0.275. The molecule has 1 unspecified atom stereocenters. The third-order valence-electron chi connectivity index (χ3n) is 6.36. The second kappa shape index (κ2) is 12.1. The van der Waals surface area contributed by atoms with Gasteiger partial charge in [-0.2, -0.15) is 13.2 Å². The molecule has 1 aromatic heterocycles. The summed E-state index contributed by atoms with van der Waals surface area (Å²) in [5.41, 5.74) is -1.70. The van der Waals surface area contributed by atoms with Crippen molar-refractivity contribution in [2.45, 2.75) is 45.5 Å². The molecule has 3 aromatic rings. The fraction of sp³-hybridized carbons (Fsp3) is 0.310. The van der Waals surface area contributed by atoms with Gasteiger partial charge in [-0.15, -0.1) is 0 Å². The molecule has 0 N–H and O–H groups in total. The van der Waals surface area contributed by atoms with E-state index in [9.17, 15) is 22.8 Å². The van der Waals surface area contributed by atoms with E-state index in [1.54, 1.807) is 31.3 Å². The molecule has 0 radical (unpaired) electrons. The first-order valence-electron chi connectivity index (χ1n) is 12.6. The summed E-state index contributed by atoms with van der Waals surface area (Å²) in [6.07, 6.45) is -4.78. The van der Waals surface area contributed by atoms with E-state index < -0.39 is 30.2 Å². The van der Waals surface area contributed by atoms with Crippen molar-refractivity contribution in [2.75, 3.05) is 6.61 Å². The van der Waals surface area contributed by atoms with Gasteiger partial charge in [0, 0.05) is 33.8 Å². The molecule has 0 saturated heterocycles. The standard InChI is InChI=1S/C29H26Cl2F3N3O4/c1-17(2)16-40-27(39)37(15-23-6-4-5-9-35-23)26(38)24-8-7-19(10-18(24)3)25-14-28(41-36-25,29(32,33)34)20-11-21(30)13-22(31)12-20/h4-13,17H,14-16H2,1-3H3. The Morgan fingerprint density at radius 2 is 1.80 bits per heavy atom. The topological polar surface area (TPSA) is 81.1 Å². The molecule has 2 amide bonds. The Morgan fingerprint density at radius 3 is 2.39 bits per heavy atom. The summed E-state index contributed by atoms with van der Waals surface area (Å²) < 4.78 is 48.4. The number of amides is 2. The van der Waals surface area contributed by atoms with Gasteiger partial charge in [0.2, 0.25) is 0 Å². The third kappa shape index (κ3) is 6.65. The number of oxime groups is 1. The van der Waals surface area contributed by atoms with E-state index >= 15 is 0 Å². The highest BCUT2D eigenvalue weighted by Crippen LogP contribution is 2.49. The van der Waals surface area contributed by atoms with Crippen LogP contribution in [0.5, 0.6) is 0 Å². The molecule has 41 heavy (non-hydrogen) atoms. The van der Waals surface area contributed by atoms with Crippen LogP contribution >= 0.6 is 23.2 Å². The summed E-state index contributed by atoms with van der Waals surface area (Å²) in [5.74, 6) is -0.593. The van der Waals surface area contributed by atoms with Crippen LogP contribution in [0.1, 0.15) is 53.0 Å². The molecule has 2 aromatic carbocycles. The molecule has 4 rings (SSSR count). The van der Waals surface area contributed by atoms with E-state index in [0.29, 0.717) is 16.8 Å². The number of aromatic nitrogens is 1. The number of carbonyl (C=O) groups is 2. The number of benzene rings is 2. The zero-order valence-corrected chi connectivity index (χ0v) is 23.8. The molecular weight excluding hydrogens is 582 g/mol. The van der Waals surface area contributed by atoms with Crippen molar-refractivity contribution in [1.82, 2.24) is 9.88 Å². The molecule has 216 valence electrons. The Balaban J connectivity index is 1.62. The molecule has 7 nitrogen and oxygen atoms in total. The summed E-state index contributed by atoms with van der Waals surface area (Å²) in [4.78, 5) is 36.6. The number of aryl methyl sites for hydroxylation is 1. The van der Waals surface area contributed by atoms with Crippen LogP contribution < -0.4 is 0 Å². The minimum absolute atomic E-state index is 0.0159. The lowest BCUT2D eigenvalue weighted by Gasteiger charge is -2.29. The third-order valence-corrected chi connectivity index (χ3v) is 6.79. The maximum atomic E-state index is 14.4. The van der Waals surface area contributed by atoms with E-state index in [1.165, 1.54) is 24.3 Å². The summed E-state index contributed by atoms with van der Waals surface area (Å²) in [5, 5.41) is 3.81. The van der Waals surface area contributed by atoms with Crippen molar-refractivity contribution < 1.29 is 32.3 Å². The first-order valence-corrected chi connectivity index (χ1v) is 13.3. The van der Waals surface area contributed by atoms with Crippen molar-refractivity contribution in [3.63, 3.8) is 0 Å². The number of imide groups is 1. The van der Waals surface area contributed by atoms with Crippen LogP contribution in [0.15, 0.2) is 65.9 Å². The maximum Gasteiger partial charge on any atom is 0.435 e. The molecule has 0 bridgehead atoms. The molecule has 1 atom stereocenters. The summed E-state index contributed by atoms with van der Waals surface area (Å²) in [7, 11) is 0. The zero-order chi connectivity index (χ0) is 29.9. The van der Waals surface area contributed by atoms with Crippen LogP contribution in [-0.2, 0) is 21.7 Å². The molecule has 1 aliphatic heterocycles. The van der Waals surface area contributed by atoms with E-state index in [-0.39, 0.29) is 46.0 Å². The number of pyridine rings is 1. The Morgan fingerprint density at radius 1 is 1.10 bits per heavy atom. The highest BCUT2D eigenvalue weighted by molar-refractivity contribution is 6.34. The average molecular weight is 608 g/mol. The van der Waals surface area contributed by atoms with Gasteiger partial charge in [0.25, 0.3) is 11.5 Å². The van der Waals surface area contributed by atoms with E-state index in [2.05, 4.69) is 10.1 Å². The van der Waals surface area contributed by atoms with Gasteiger partial charge in [-0.05, 0) is 66.4 Å². The van der Waals surface area contributed by atoms with Crippen molar-refractivity contribution >= 4 is 40.9 Å². The van der Waals surface area contributed by atoms with Crippen molar-refractivity contribution in [2.24, 2.45) is 11.1 Å². The fourth-order valence-electron chi connectivity index (χ4n) is 4.26. The zero-order valence-electron chi connectivity index (χ0n) is 22.3. The fourth-order valence-corrected chi connectivity index (χ4v) is 4.79. The van der Waals surface area contributed by atoms with Gasteiger partial charge in [-0.3, -0.25) is 9.78 Å². The van der Waals surface area contributed by atoms with E-state index in [1.807, 2.05) is 13.8 Å². The Labute approximate surface area is 244 Å². The van der Waals surface area contributed by atoms with Gasteiger partial charge < -0.3 is 9.57 Å². The van der Waals surface area contributed by atoms with Crippen LogP contribution in [0, 0.1) is 12.8 Å².